The van der Waals surface area contributed by atoms with Gasteiger partial charge in [-0.05, 0) is 51.7 Å². The first-order valence-corrected chi connectivity index (χ1v) is 12.0. The van der Waals surface area contributed by atoms with Gasteiger partial charge in [0.25, 0.3) is 0 Å². The molecule has 2 aromatic carbocycles. The molecule has 2 atom stereocenters. The smallest absolute Gasteiger partial charge is 0.231 e. The number of nitrogens with zero attached hydrogens (tertiary/aromatic N) is 2. The molecule has 0 spiro atoms. The molecule has 0 N–H and O–H groups in total. The highest BCUT2D eigenvalue weighted by molar-refractivity contribution is 5.95. The van der Waals surface area contributed by atoms with Crippen LogP contribution >= 0.6 is 0 Å². The zero-order valence-electron chi connectivity index (χ0n) is 20.6. The van der Waals surface area contributed by atoms with E-state index in [4.69, 9.17) is 0 Å². The van der Waals surface area contributed by atoms with Gasteiger partial charge in [0.2, 0.25) is 11.8 Å². The number of hydrogen-bond donors (Lipinski definition) is 0. The van der Waals surface area contributed by atoms with Crippen LogP contribution in [0.4, 0.5) is 0 Å². The summed E-state index contributed by atoms with van der Waals surface area (Å²) < 4.78 is 0. The summed E-state index contributed by atoms with van der Waals surface area (Å²) in [6, 6.07) is 19.7. The first kappa shape index (κ1) is 25.6. The van der Waals surface area contributed by atoms with Crippen LogP contribution in [0.25, 0.3) is 0 Å². The molecule has 0 heterocycles. The standard InChI is InChI=1S/C28H40N2O2/c1-7-19-29(20-8-2)27(31)25(23-15-11-9-12-16-23)26(24-17-13-10-14-18-24)28(32)30(21(3)4)22(5)6/h9-18,21-22,25-26H,7-8,19-20H2,1-6H3. The lowest BCUT2D eigenvalue weighted by Gasteiger charge is -2.38. The number of amides is 2. The third kappa shape index (κ3) is 6.21. The molecule has 0 aliphatic heterocycles. The average Bonchev–Trinajstić information content (AvgIpc) is 2.77. The maximum Gasteiger partial charge on any atom is 0.231 e. The summed E-state index contributed by atoms with van der Waals surface area (Å²) in [6.45, 7) is 13.7. The average molecular weight is 437 g/mol. The maximum absolute atomic E-state index is 14.1. The fourth-order valence-electron chi connectivity index (χ4n) is 4.61. The Bertz CT molecular complexity index is 819. The molecule has 4 heteroatoms. The largest absolute Gasteiger partial charge is 0.342 e. The summed E-state index contributed by atoms with van der Waals surface area (Å²) in [6.07, 6.45) is 1.78. The van der Waals surface area contributed by atoms with Crippen LogP contribution in [0.2, 0.25) is 0 Å². The summed E-state index contributed by atoms with van der Waals surface area (Å²) in [5.74, 6) is -1.10. The molecule has 0 radical (unpaired) electrons. The molecular formula is C28H40N2O2. The third-order valence-electron chi connectivity index (χ3n) is 5.85. The summed E-state index contributed by atoms with van der Waals surface area (Å²) in [4.78, 5) is 32.1. The number of rotatable bonds is 11. The fraction of sp³-hybridized carbons (Fsp3) is 0.500. The SMILES string of the molecule is CCCN(CCC)C(=O)C(c1ccccc1)C(C(=O)N(C(C)C)C(C)C)c1ccccc1. The van der Waals surface area contributed by atoms with Crippen LogP contribution in [0.5, 0.6) is 0 Å². The number of hydrogen-bond acceptors (Lipinski definition) is 2. The van der Waals surface area contributed by atoms with Gasteiger partial charge in [-0.25, -0.2) is 0 Å². The van der Waals surface area contributed by atoms with E-state index in [9.17, 15) is 9.59 Å². The number of carbonyl (C=O) groups excluding carboxylic acids is 2. The van der Waals surface area contributed by atoms with Crippen LogP contribution in [0.15, 0.2) is 60.7 Å². The Labute approximate surface area is 194 Å². The van der Waals surface area contributed by atoms with Crippen molar-refractivity contribution >= 4 is 11.8 Å². The van der Waals surface area contributed by atoms with E-state index in [1.165, 1.54) is 0 Å². The first-order valence-electron chi connectivity index (χ1n) is 12.0. The molecule has 0 bridgehead atoms. The highest BCUT2D eigenvalue weighted by Crippen LogP contribution is 2.37. The molecule has 2 aromatic rings. The van der Waals surface area contributed by atoms with Crippen molar-refractivity contribution in [2.24, 2.45) is 0 Å². The predicted octanol–water partition coefficient (Wildman–Crippen LogP) is 5.85. The molecule has 0 aliphatic carbocycles. The van der Waals surface area contributed by atoms with Gasteiger partial charge in [-0.2, -0.15) is 0 Å². The van der Waals surface area contributed by atoms with Crippen molar-refractivity contribution in [3.05, 3.63) is 71.8 Å². The van der Waals surface area contributed by atoms with Crippen LogP contribution < -0.4 is 0 Å². The Balaban J connectivity index is 2.69. The van der Waals surface area contributed by atoms with Crippen molar-refractivity contribution in [3.63, 3.8) is 0 Å². The van der Waals surface area contributed by atoms with Gasteiger partial charge in [-0.15, -0.1) is 0 Å². The molecule has 2 amide bonds. The molecular weight excluding hydrogens is 396 g/mol. The second kappa shape index (κ2) is 12.4. The van der Waals surface area contributed by atoms with E-state index in [1.807, 2.05) is 98.2 Å². The van der Waals surface area contributed by atoms with Crippen LogP contribution in [0.1, 0.15) is 77.3 Å². The quantitative estimate of drug-likeness (QED) is 0.443. The molecule has 0 aliphatic rings. The molecule has 0 aromatic heterocycles. The Morgan fingerprint density at radius 3 is 1.38 bits per heavy atom. The van der Waals surface area contributed by atoms with Gasteiger partial charge in [0.15, 0.2) is 0 Å². The van der Waals surface area contributed by atoms with Gasteiger partial charge in [0.05, 0.1) is 11.8 Å². The summed E-state index contributed by atoms with van der Waals surface area (Å²) >= 11 is 0. The Kier molecular flexibility index (Phi) is 9.96. The number of benzene rings is 2. The van der Waals surface area contributed by atoms with E-state index in [1.54, 1.807) is 0 Å². The predicted molar refractivity (Wildman–Crippen MR) is 133 cm³/mol. The van der Waals surface area contributed by atoms with Crippen molar-refractivity contribution in [3.8, 4) is 0 Å². The Morgan fingerprint density at radius 2 is 1.03 bits per heavy atom. The van der Waals surface area contributed by atoms with E-state index in [0.29, 0.717) is 13.1 Å². The van der Waals surface area contributed by atoms with E-state index >= 15 is 0 Å². The monoisotopic (exact) mass is 436 g/mol. The minimum atomic E-state index is -0.577. The second-order valence-electron chi connectivity index (χ2n) is 9.03. The molecule has 0 saturated heterocycles. The van der Waals surface area contributed by atoms with Gasteiger partial charge in [0.1, 0.15) is 0 Å². The van der Waals surface area contributed by atoms with Crippen LogP contribution in [-0.2, 0) is 9.59 Å². The number of carbonyl (C=O) groups is 2. The van der Waals surface area contributed by atoms with Gasteiger partial charge < -0.3 is 9.80 Å². The second-order valence-corrected chi connectivity index (χ2v) is 9.03. The van der Waals surface area contributed by atoms with Crippen molar-refractivity contribution in [1.82, 2.24) is 9.80 Å². The van der Waals surface area contributed by atoms with Crippen molar-refractivity contribution < 1.29 is 9.59 Å². The van der Waals surface area contributed by atoms with Crippen molar-refractivity contribution in [2.75, 3.05) is 13.1 Å². The zero-order chi connectivity index (χ0) is 23.7. The van der Waals surface area contributed by atoms with Gasteiger partial charge in [-0.1, -0.05) is 74.5 Å². The Hall–Kier alpha value is -2.62. The molecule has 0 fully saturated rings. The van der Waals surface area contributed by atoms with Crippen LogP contribution in [0.3, 0.4) is 0 Å². The minimum Gasteiger partial charge on any atom is -0.342 e. The highest BCUT2D eigenvalue weighted by atomic mass is 16.2. The van der Waals surface area contributed by atoms with Crippen LogP contribution in [-0.4, -0.2) is 46.8 Å². The summed E-state index contributed by atoms with van der Waals surface area (Å²) in [7, 11) is 0. The van der Waals surface area contributed by atoms with E-state index in [-0.39, 0.29) is 23.9 Å². The normalized spacial score (nSPS) is 13.1. The Morgan fingerprint density at radius 1 is 0.656 bits per heavy atom. The van der Waals surface area contributed by atoms with E-state index < -0.39 is 11.8 Å². The van der Waals surface area contributed by atoms with E-state index in [0.717, 1.165) is 24.0 Å². The highest BCUT2D eigenvalue weighted by Gasteiger charge is 2.41. The summed E-state index contributed by atoms with van der Waals surface area (Å²) in [5, 5.41) is 0. The summed E-state index contributed by atoms with van der Waals surface area (Å²) in [5.41, 5.74) is 1.78. The van der Waals surface area contributed by atoms with Gasteiger partial charge >= 0.3 is 0 Å². The van der Waals surface area contributed by atoms with Gasteiger partial charge in [-0.3, -0.25) is 9.59 Å². The van der Waals surface area contributed by atoms with Gasteiger partial charge in [0, 0.05) is 25.2 Å². The maximum atomic E-state index is 14.1. The lowest BCUT2D eigenvalue weighted by molar-refractivity contribution is -0.142. The van der Waals surface area contributed by atoms with Crippen LogP contribution in [0, 0.1) is 0 Å². The zero-order valence-corrected chi connectivity index (χ0v) is 20.6. The first-order chi connectivity index (χ1) is 15.3. The van der Waals surface area contributed by atoms with Crippen molar-refractivity contribution in [1.29, 1.82) is 0 Å². The molecule has 0 saturated carbocycles. The lowest BCUT2D eigenvalue weighted by atomic mass is 9.79. The van der Waals surface area contributed by atoms with Crippen molar-refractivity contribution in [2.45, 2.75) is 78.3 Å². The topological polar surface area (TPSA) is 40.6 Å². The molecule has 4 nitrogen and oxygen atoms in total. The lowest BCUT2D eigenvalue weighted by Crippen LogP contribution is -2.48. The molecule has 32 heavy (non-hydrogen) atoms. The third-order valence-corrected chi connectivity index (χ3v) is 5.85. The molecule has 2 unspecified atom stereocenters. The fourth-order valence-corrected chi connectivity index (χ4v) is 4.61. The molecule has 174 valence electrons. The minimum absolute atomic E-state index is 0.0105. The molecule has 2 rings (SSSR count). The van der Waals surface area contributed by atoms with E-state index in [2.05, 4.69) is 13.8 Å².